The first-order valence-electron chi connectivity index (χ1n) is 5.41. The molecule has 2 nitrogen and oxygen atoms in total. The van der Waals surface area contributed by atoms with Gasteiger partial charge >= 0.3 is 0 Å². The molecule has 0 unspecified atom stereocenters. The first kappa shape index (κ1) is 11.1. The summed E-state index contributed by atoms with van der Waals surface area (Å²) in [5.41, 5.74) is 2.14. The highest BCUT2D eigenvalue weighted by molar-refractivity contribution is 5.81. The normalized spacial score (nSPS) is 11.6. The topological polar surface area (TPSA) is 14.2 Å². The molecule has 2 rings (SSSR count). The van der Waals surface area contributed by atoms with Crippen molar-refractivity contribution >= 4 is 10.9 Å². The van der Waals surface area contributed by atoms with E-state index in [2.05, 4.69) is 18.4 Å². The molecule has 0 N–H and O–H groups in total. The van der Waals surface area contributed by atoms with Crippen molar-refractivity contribution in [3.05, 3.63) is 35.8 Å². The smallest absolute Gasteiger partial charge is 0.123 e. The molecule has 0 radical (unpaired) electrons. The molecule has 0 aliphatic heterocycles. The van der Waals surface area contributed by atoms with Gasteiger partial charge in [0.15, 0.2) is 0 Å². The highest BCUT2D eigenvalue weighted by Gasteiger charge is 2.11. The predicted molar refractivity (Wildman–Crippen MR) is 63.0 cm³/mol. The molecular weight excluding hydrogens is 205 g/mol. The van der Waals surface area contributed by atoms with Crippen LogP contribution in [0.3, 0.4) is 0 Å². The zero-order chi connectivity index (χ0) is 11.7. The van der Waals surface area contributed by atoms with Crippen LogP contribution in [-0.2, 0) is 11.3 Å². The molecule has 0 atom stereocenters. The lowest BCUT2D eigenvalue weighted by molar-refractivity contribution is 0.177. The second-order valence-electron chi connectivity index (χ2n) is 4.24. The molecule has 0 saturated heterocycles. The Kier molecular flexibility index (Phi) is 2.97. The Labute approximate surface area is 94.6 Å². The van der Waals surface area contributed by atoms with E-state index in [4.69, 9.17) is 4.74 Å². The Bertz CT molecular complexity index is 502. The van der Waals surface area contributed by atoms with Gasteiger partial charge in [0.05, 0.1) is 6.61 Å². The Hall–Kier alpha value is -1.35. The van der Waals surface area contributed by atoms with Crippen molar-refractivity contribution in [1.29, 1.82) is 0 Å². The minimum atomic E-state index is -0.197. The number of ether oxygens (including phenoxy) is 1. The van der Waals surface area contributed by atoms with E-state index < -0.39 is 0 Å². The molecule has 16 heavy (non-hydrogen) atoms. The minimum Gasteiger partial charge on any atom is -0.378 e. The average Bonchev–Trinajstić information content (AvgIpc) is 2.55. The van der Waals surface area contributed by atoms with Crippen molar-refractivity contribution in [3.8, 4) is 0 Å². The van der Waals surface area contributed by atoms with Crippen molar-refractivity contribution in [2.24, 2.45) is 0 Å². The second-order valence-corrected chi connectivity index (χ2v) is 4.24. The molecule has 0 aliphatic rings. The number of fused-ring (bicyclic) bond motifs is 1. The molecule has 0 amide bonds. The van der Waals surface area contributed by atoms with E-state index in [1.54, 1.807) is 13.2 Å². The molecule has 1 heterocycles. The summed E-state index contributed by atoms with van der Waals surface area (Å²) >= 11 is 0. The SMILES string of the molecule is COCc1cc2cc(F)ccc2n1C(C)C. The van der Waals surface area contributed by atoms with Gasteiger partial charge in [0.25, 0.3) is 0 Å². The van der Waals surface area contributed by atoms with Gasteiger partial charge < -0.3 is 9.30 Å². The fourth-order valence-corrected chi connectivity index (χ4v) is 2.13. The lowest BCUT2D eigenvalue weighted by atomic mass is 10.2. The summed E-state index contributed by atoms with van der Waals surface area (Å²) in [7, 11) is 1.67. The Morgan fingerprint density at radius 3 is 2.69 bits per heavy atom. The largest absolute Gasteiger partial charge is 0.378 e. The molecule has 0 saturated carbocycles. The maximum absolute atomic E-state index is 13.1. The summed E-state index contributed by atoms with van der Waals surface area (Å²) in [6.07, 6.45) is 0. The van der Waals surface area contributed by atoms with Crippen LogP contribution in [0, 0.1) is 5.82 Å². The van der Waals surface area contributed by atoms with Gasteiger partial charge in [-0.05, 0) is 38.1 Å². The number of nitrogens with zero attached hydrogens (tertiary/aromatic N) is 1. The Morgan fingerprint density at radius 1 is 1.31 bits per heavy atom. The van der Waals surface area contributed by atoms with Gasteiger partial charge in [-0.15, -0.1) is 0 Å². The van der Waals surface area contributed by atoms with Crippen molar-refractivity contribution in [2.75, 3.05) is 7.11 Å². The monoisotopic (exact) mass is 221 g/mol. The molecule has 0 fully saturated rings. The zero-order valence-corrected chi connectivity index (χ0v) is 9.83. The van der Waals surface area contributed by atoms with Crippen molar-refractivity contribution in [1.82, 2.24) is 4.57 Å². The number of hydrogen-bond donors (Lipinski definition) is 0. The summed E-state index contributed by atoms with van der Waals surface area (Å²) in [6, 6.07) is 7.21. The van der Waals surface area contributed by atoms with E-state index in [1.807, 2.05) is 12.1 Å². The first-order chi connectivity index (χ1) is 7.63. The van der Waals surface area contributed by atoms with Crippen LogP contribution >= 0.6 is 0 Å². The number of benzene rings is 1. The summed E-state index contributed by atoms with van der Waals surface area (Å²) in [5, 5.41) is 0.931. The van der Waals surface area contributed by atoms with E-state index in [0.717, 1.165) is 16.6 Å². The lowest BCUT2D eigenvalue weighted by Gasteiger charge is -2.14. The number of aromatic nitrogens is 1. The summed E-state index contributed by atoms with van der Waals surface area (Å²) in [5.74, 6) is -0.197. The first-order valence-corrected chi connectivity index (χ1v) is 5.41. The van der Waals surface area contributed by atoms with Crippen LogP contribution in [0.1, 0.15) is 25.6 Å². The van der Waals surface area contributed by atoms with E-state index in [-0.39, 0.29) is 5.82 Å². The van der Waals surface area contributed by atoms with E-state index in [0.29, 0.717) is 12.6 Å². The van der Waals surface area contributed by atoms with Crippen molar-refractivity contribution in [2.45, 2.75) is 26.5 Å². The summed E-state index contributed by atoms with van der Waals surface area (Å²) in [4.78, 5) is 0. The number of methoxy groups -OCH3 is 1. The highest BCUT2D eigenvalue weighted by Crippen LogP contribution is 2.25. The van der Waals surface area contributed by atoms with Gasteiger partial charge in [-0.25, -0.2) is 4.39 Å². The Balaban J connectivity index is 2.65. The molecule has 0 aliphatic carbocycles. The van der Waals surface area contributed by atoms with E-state index >= 15 is 0 Å². The minimum absolute atomic E-state index is 0.197. The van der Waals surface area contributed by atoms with Gasteiger partial charge in [0.1, 0.15) is 5.82 Å². The van der Waals surface area contributed by atoms with E-state index in [1.165, 1.54) is 6.07 Å². The van der Waals surface area contributed by atoms with Gasteiger partial charge in [-0.2, -0.15) is 0 Å². The fraction of sp³-hybridized carbons (Fsp3) is 0.385. The second kappa shape index (κ2) is 4.26. The third-order valence-corrected chi connectivity index (χ3v) is 2.69. The van der Waals surface area contributed by atoms with Gasteiger partial charge in [-0.1, -0.05) is 0 Å². The molecule has 0 spiro atoms. The van der Waals surface area contributed by atoms with Crippen molar-refractivity contribution < 1.29 is 9.13 Å². The Morgan fingerprint density at radius 2 is 2.06 bits per heavy atom. The molecule has 3 heteroatoms. The van der Waals surface area contributed by atoms with Crippen LogP contribution in [-0.4, -0.2) is 11.7 Å². The molecule has 1 aromatic carbocycles. The molecule has 0 bridgehead atoms. The average molecular weight is 221 g/mol. The quantitative estimate of drug-likeness (QED) is 0.773. The van der Waals surface area contributed by atoms with Crippen LogP contribution in [0.25, 0.3) is 10.9 Å². The van der Waals surface area contributed by atoms with Gasteiger partial charge in [-0.3, -0.25) is 0 Å². The number of halogens is 1. The standard InChI is InChI=1S/C13H16FNO/c1-9(2)15-12(8-16-3)7-10-6-11(14)4-5-13(10)15/h4-7,9H,8H2,1-3H3. The molecule has 1 aromatic heterocycles. The van der Waals surface area contributed by atoms with Crippen LogP contribution in [0.5, 0.6) is 0 Å². The zero-order valence-electron chi connectivity index (χ0n) is 9.83. The number of hydrogen-bond acceptors (Lipinski definition) is 1. The molecule has 2 aromatic rings. The lowest BCUT2D eigenvalue weighted by Crippen LogP contribution is -2.05. The van der Waals surface area contributed by atoms with Gasteiger partial charge in [0, 0.05) is 29.7 Å². The van der Waals surface area contributed by atoms with Crippen molar-refractivity contribution in [3.63, 3.8) is 0 Å². The third-order valence-electron chi connectivity index (χ3n) is 2.69. The predicted octanol–water partition coefficient (Wildman–Crippen LogP) is 3.51. The summed E-state index contributed by atoms with van der Waals surface area (Å²) < 4.78 is 20.5. The maximum atomic E-state index is 13.1. The van der Waals surface area contributed by atoms with Gasteiger partial charge in [0.2, 0.25) is 0 Å². The fourth-order valence-electron chi connectivity index (χ4n) is 2.13. The highest BCUT2D eigenvalue weighted by atomic mass is 19.1. The van der Waals surface area contributed by atoms with Crippen LogP contribution in [0.15, 0.2) is 24.3 Å². The third kappa shape index (κ3) is 1.83. The van der Waals surface area contributed by atoms with E-state index in [9.17, 15) is 4.39 Å². The molecular formula is C13H16FNO. The number of rotatable bonds is 3. The maximum Gasteiger partial charge on any atom is 0.123 e. The van der Waals surface area contributed by atoms with Crippen LogP contribution in [0.2, 0.25) is 0 Å². The molecule has 86 valence electrons. The van der Waals surface area contributed by atoms with Crippen LogP contribution in [0.4, 0.5) is 4.39 Å². The van der Waals surface area contributed by atoms with Crippen LogP contribution < -0.4 is 0 Å². The summed E-state index contributed by atoms with van der Waals surface area (Å²) in [6.45, 7) is 4.78.